The van der Waals surface area contributed by atoms with Crippen molar-refractivity contribution in [2.75, 3.05) is 7.11 Å². The Balaban J connectivity index is 1.93. The molecule has 19 heavy (non-hydrogen) atoms. The molecule has 2 aromatic carbocycles. The molecule has 0 fully saturated rings. The van der Waals surface area contributed by atoms with Crippen LogP contribution in [0.3, 0.4) is 0 Å². The van der Waals surface area contributed by atoms with Crippen LogP contribution in [0.15, 0.2) is 36.4 Å². The molecular formula is C17H17FO. The standard InChI is InChI=1S/C17H17FO/c1-19-14-5-2-4-12(11-14)10-13-8-9-17(18)16-7-3-6-15(13)16/h2,4-5,8-9,11H,3,6-7,10H2,1H3. The fourth-order valence-corrected chi connectivity index (χ4v) is 2.90. The highest BCUT2D eigenvalue weighted by Crippen LogP contribution is 2.29. The van der Waals surface area contributed by atoms with Crippen LogP contribution in [0.5, 0.6) is 5.75 Å². The summed E-state index contributed by atoms with van der Waals surface area (Å²) in [5.41, 5.74) is 4.62. The minimum Gasteiger partial charge on any atom is -0.497 e. The van der Waals surface area contributed by atoms with Crippen molar-refractivity contribution in [1.82, 2.24) is 0 Å². The Labute approximate surface area is 113 Å². The number of benzene rings is 2. The third-order valence-corrected chi connectivity index (χ3v) is 3.85. The van der Waals surface area contributed by atoms with Gasteiger partial charge in [0.25, 0.3) is 0 Å². The van der Waals surface area contributed by atoms with Gasteiger partial charge in [-0.05, 0) is 66.1 Å². The summed E-state index contributed by atoms with van der Waals surface area (Å²) < 4.78 is 19.0. The lowest BCUT2D eigenvalue weighted by molar-refractivity contribution is 0.414. The Hall–Kier alpha value is -1.83. The molecule has 2 heteroatoms. The molecule has 0 heterocycles. The van der Waals surface area contributed by atoms with Gasteiger partial charge in [-0.3, -0.25) is 0 Å². The van der Waals surface area contributed by atoms with Crippen LogP contribution in [0.25, 0.3) is 0 Å². The van der Waals surface area contributed by atoms with Gasteiger partial charge in [0.05, 0.1) is 7.11 Å². The van der Waals surface area contributed by atoms with Crippen LogP contribution in [0, 0.1) is 5.82 Å². The van der Waals surface area contributed by atoms with Crippen LogP contribution in [-0.2, 0) is 19.3 Å². The highest BCUT2D eigenvalue weighted by Gasteiger charge is 2.18. The second-order valence-corrected chi connectivity index (χ2v) is 5.05. The zero-order chi connectivity index (χ0) is 13.2. The lowest BCUT2D eigenvalue weighted by atomic mass is 9.97. The summed E-state index contributed by atoms with van der Waals surface area (Å²) in [7, 11) is 1.68. The Morgan fingerprint density at radius 3 is 2.79 bits per heavy atom. The zero-order valence-electron chi connectivity index (χ0n) is 11.1. The molecule has 1 aliphatic carbocycles. The van der Waals surface area contributed by atoms with Crippen LogP contribution < -0.4 is 4.74 Å². The van der Waals surface area contributed by atoms with E-state index in [0.29, 0.717) is 0 Å². The topological polar surface area (TPSA) is 9.23 Å². The van der Waals surface area contributed by atoms with Crippen molar-refractivity contribution in [2.45, 2.75) is 25.7 Å². The second kappa shape index (κ2) is 5.04. The van der Waals surface area contributed by atoms with E-state index in [1.165, 1.54) is 16.7 Å². The molecule has 1 nitrogen and oxygen atoms in total. The summed E-state index contributed by atoms with van der Waals surface area (Å²) in [4.78, 5) is 0. The van der Waals surface area contributed by atoms with E-state index in [1.54, 1.807) is 13.2 Å². The Morgan fingerprint density at radius 1 is 1.11 bits per heavy atom. The lowest BCUT2D eigenvalue weighted by Crippen LogP contribution is -1.98. The van der Waals surface area contributed by atoms with Crippen molar-refractivity contribution in [3.63, 3.8) is 0 Å². The predicted octanol–water partition coefficient (Wildman–Crippen LogP) is 3.91. The number of hydrogen-bond acceptors (Lipinski definition) is 1. The summed E-state index contributed by atoms with van der Waals surface area (Å²) in [6, 6.07) is 11.6. The van der Waals surface area contributed by atoms with Gasteiger partial charge in [-0.1, -0.05) is 18.2 Å². The molecule has 0 aliphatic heterocycles. The Morgan fingerprint density at radius 2 is 1.95 bits per heavy atom. The maximum atomic E-state index is 13.7. The number of hydrogen-bond donors (Lipinski definition) is 0. The minimum atomic E-state index is -0.0399. The van der Waals surface area contributed by atoms with Crippen molar-refractivity contribution in [3.8, 4) is 5.75 Å². The van der Waals surface area contributed by atoms with Gasteiger partial charge in [-0.25, -0.2) is 4.39 Å². The number of rotatable bonds is 3. The summed E-state index contributed by atoms with van der Waals surface area (Å²) in [5, 5.41) is 0. The van der Waals surface area contributed by atoms with Gasteiger partial charge >= 0.3 is 0 Å². The average molecular weight is 256 g/mol. The number of ether oxygens (including phenoxy) is 1. The SMILES string of the molecule is COc1cccc(Cc2ccc(F)c3c2CCC3)c1. The van der Waals surface area contributed by atoms with Crippen LogP contribution in [0.1, 0.15) is 28.7 Å². The molecule has 3 rings (SSSR count). The van der Waals surface area contributed by atoms with E-state index in [1.807, 2.05) is 24.3 Å². The van der Waals surface area contributed by atoms with Crippen molar-refractivity contribution >= 4 is 0 Å². The van der Waals surface area contributed by atoms with Gasteiger partial charge in [-0.15, -0.1) is 0 Å². The van der Waals surface area contributed by atoms with E-state index in [9.17, 15) is 4.39 Å². The molecule has 0 atom stereocenters. The Kier molecular flexibility index (Phi) is 3.24. The van der Waals surface area contributed by atoms with E-state index in [-0.39, 0.29) is 5.82 Å². The van der Waals surface area contributed by atoms with Gasteiger partial charge in [0, 0.05) is 0 Å². The van der Waals surface area contributed by atoms with Gasteiger partial charge in [0.2, 0.25) is 0 Å². The van der Waals surface area contributed by atoms with E-state index in [0.717, 1.165) is 37.0 Å². The molecular weight excluding hydrogens is 239 g/mol. The quantitative estimate of drug-likeness (QED) is 0.809. The lowest BCUT2D eigenvalue weighted by Gasteiger charge is -2.10. The second-order valence-electron chi connectivity index (χ2n) is 5.05. The summed E-state index contributed by atoms with van der Waals surface area (Å²) in [6.07, 6.45) is 3.81. The first kappa shape index (κ1) is 12.2. The maximum Gasteiger partial charge on any atom is 0.126 e. The number of halogens is 1. The molecule has 1 aliphatic rings. The molecule has 0 amide bonds. The third kappa shape index (κ3) is 2.35. The fraction of sp³-hybridized carbons (Fsp3) is 0.294. The van der Waals surface area contributed by atoms with E-state index in [4.69, 9.17) is 4.74 Å². The van der Waals surface area contributed by atoms with Crippen LogP contribution in [-0.4, -0.2) is 7.11 Å². The molecule has 0 N–H and O–H groups in total. The van der Waals surface area contributed by atoms with Gasteiger partial charge in [0.15, 0.2) is 0 Å². The minimum absolute atomic E-state index is 0.0399. The van der Waals surface area contributed by atoms with Crippen LogP contribution in [0.2, 0.25) is 0 Å². The molecule has 0 spiro atoms. The third-order valence-electron chi connectivity index (χ3n) is 3.85. The predicted molar refractivity (Wildman–Crippen MR) is 74.2 cm³/mol. The molecule has 2 aromatic rings. The highest BCUT2D eigenvalue weighted by molar-refractivity contribution is 5.43. The van der Waals surface area contributed by atoms with Gasteiger partial charge in [-0.2, -0.15) is 0 Å². The van der Waals surface area contributed by atoms with Crippen molar-refractivity contribution in [3.05, 3.63) is 64.5 Å². The van der Waals surface area contributed by atoms with E-state index in [2.05, 4.69) is 6.07 Å². The maximum absolute atomic E-state index is 13.7. The highest BCUT2D eigenvalue weighted by atomic mass is 19.1. The van der Waals surface area contributed by atoms with Gasteiger partial charge in [0.1, 0.15) is 11.6 Å². The van der Waals surface area contributed by atoms with E-state index >= 15 is 0 Å². The summed E-state index contributed by atoms with van der Waals surface area (Å²) in [6.45, 7) is 0. The molecule has 0 saturated carbocycles. The molecule has 0 bridgehead atoms. The normalized spacial score (nSPS) is 13.4. The first-order valence-corrected chi connectivity index (χ1v) is 6.70. The van der Waals surface area contributed by atoms with Crippen molar-refractivity contribution < 1.29 is 9.13 Å². The largest absolute Gasteiger partial charge is 0.497 e. The van der Waals surface area contributed by atoms with Gasteiger partial charge < -0.3 is 4.74 Å². The van der Waals surface area contributed by atoms with Crippen LogP contribution in [0.4, 0.5) is 4.39 Å². The molecule has 98 valence electrons. The first-order valence-electron chi connectivity index (χ1n) is 6.70. The number of methoxy groups -OCH3 is 1. The summed E-state index contributed by atoms with van der Waals surface area (Å²) >= 11 is 0. The summed E-state index contributed by atoms with van der Waals surface area (Å²) in [5.74, 6) is 0.832. The fourth-order valence-electron chi connectivity index (χ4n) is 2.90. The first-order chi connectivity index (χ1) is 9.28. The van der Waals surface area contributed by atoms with E-state index < -0.39 is 0 Å². The molecule has 0 aromatic heterocycles. The van der Waals surface area contributed by atoms with Crippen molar-refractivity contribution in [2.24, 2.45) is 0 Å². The molecule has 0 saturated heterocycles. The number of fused-ring (bicyclic) bond motifs is 1. The zero-order valence-corrected chi connectivity index (χ0v) is 11.1. The van der Waals surface area contributed by atoms with Crippen LogP contribution >= 0.6 is 0 Å². The monoisotopic (exact) mass is 256 g/mol. The Bertz CT molecular complexity index is 604. The smallest absolute Gasteiger partial charge is 0.126 e. The molecule has 0 radical (unpaired) electrons. The van der Waals surface area contributed by atoms with Crippen molar-refractivity contribution in [1.29, 1.82) is 0 Å². The average Bonchev–Trinajstić information content (AvgIpc) is 2.93. The molecule has 0 unspecified atom stereocenters.